The summed E-state index contributed by atoms with van der Waals surface area (Å²) < 4.78 is 11.3. The molecule has 1 N–H and O–H groups in total. The summed E-state index contributed by atoms with van der Waals surface area (Å²) in [5.74, 6) is 0.928. The molecule has 1 saturated carbocycles. The highest BCUT2D eigenvalue weighted by molar-refractivity contribution is 5.98. The quantitative estimate of drug-likeness (QED) is 0.750. The zero-order valence-corrected chi connectivity index (χ0v) is 15.4. The Morgan fingerprint density at radius 2 is 2.28 bits per heavy atom. The summed E-state index contributed by atoms with van der Waals surface area (Å²) in [5.41, 5.74) is 0.100. The highest BCUT2D eigenvalue weighted by Gasteiger charge is 2.42. The van der Waals surface area contributed by atoms with E-state index in [-0.39, 0.29) is 5.91 Å². The third kappa shape index (κ3) is 4.73. The average molecular weight is 344 g/mol. The molecule has 0 saturated heterocycles. The molecule has 0 spiro atoms. The first-order valence-corrected chi connectivity index (χ1v) is 9.08. The molecule has 1 amide bonds. The van der Waals surface area contributed by atoms with E-state index in [1.165, 1.54) is 0 Å². The van der Waals surface area contributed by atoms with Gasteiger partial charge in [0.25, 0.3) is 5.91 Å². The van der Waals surface area contributed by atoms with Crippen molar-refractivity contribution in [3.05, 3.63) is 23.8 Å². The van der Waals surface area contributed by atoms with Crippen molar-refractivity contribution in [2.45, 2.75) is 58.0 Å². The van der Waals surface area contributed by atoms with E-state index in [0.717, 1.165) is 25.7 Å². The normalized spacial score (nSPS) is 22.9. The van der Waals surface area contributed by atoms with Crippen molar-refractivity contribution >= 4 is 11.6 Å². The Bertz CT molecular complexity index is 638. The van der Waals surface area contributed by atoms with E-state index in [9.17, 15) is 10.1 Å². The van der Waals surface area contributed by atoms with Gasteiger partial charge in [-0.25, -0.2) is 0 Å². The second-order valence-electron chi connectivity index (χ2n) is 6.88. The lowest BCUT2D eigenvalue weighted by molar-refractivity contribution is -0.143. The predicted molar refractivity (Wildman–Crippen MR) is 97.6 cm³/mol. The SMILES string of the molecule is CCCCOc1ccc(NC(=O)[C@@]2(OC)CCC[C@@H](C)C2)c(C#N)c1. The largest absolute Gasteiger partial charge is 0.494 e. The molecule has 2 rings (SSSR count). The highest BCUT2D eigenvalue weighted by Crippen LogP contribution is 2.36. The van der Waals surface area contributed by atoms with Gasteiger partial charge in [-0.1, -0.05) is 26.7 Å². The van der Waals surface area contributed by atoms with E-state index in [4.69, 9.17) is 9.47 Å². The first-order chi connectivity index (χ1) is 12.0. The molecule has 0 radical (unpaired) electrons. The maximum atomic E-state index is 12.9. The molecule has 1 aromatic rings. The maximum absolute atomic E-state index is 12.9. The number of benzene rings is 1. The molecule has 1 fully saturated rings. The second kappa shape index (κ2) is 8.87. The standard InChI is InChI=1S/C20H28N2O3/c1-4-5-11-25-17-8-9-18(16(12-17)14-21)22-19(23)20(24-3)10-6-7-15(2)13-20/h8-9,12,15H,4-7,10-11,13H2,1-3H3,(H,22,23)/t15-,20-/m1/s1. The molecule has 0 unspecified atom stereocenters. The molecule has 25 heavy (non-hydrogen) atoms. The van der Waals surface area contributed by atoms with Crippen LogP contribution in [0.3, 0.4) is 0 Å². The van der Waals surface area contributed by atoms with E-state index >= 15 is 0 Å². The molecule has 136 valence electrons. The first-order valence-electron chi connectivity index (χ1n) is 9.08. The topological polar surface area (TPSA) is 71.3 Å². The number of unbranched alkanes of at least 4 members (excludes halogenated alkanes) is 1. The second-order valence-corrected chi connectivity index (χ2v) is 6.88. The lowest BCUT2D eigenvalue weighted by atomic mass is 9.78. The van der Waals surface area contributed by atoms with Crippen LogP contribution in [0.25, 0.3) is 0 Å². The number of amides is 1. The minimum atomic E-state index is -0.805. The molecule has 1 aliphatic rings. The van der Waals surface area contributed by atoms with E-state index in [0.29, 0.717) is 42.4 Å². The van der Waals surface area contributed by atoms with E-state index < -0.39 is 5.60 Å². The lowest BCUT2D eigenvalue weighted by Gasteiger charge is -2.37. The number of nitriles is 1. The molecule has 2 atom stereocenters. The zero-order valence-electron chi connectivity index (χ0n) is 15.4. The van der Waals surface area contributed by atoms with Crippen LogP contribution in [0.2, 0.25) is 0 Å². The highest BCUT2D eigenvalue weighted by atomic mass is 16.5. The smallest absolute Gasteiger partial charge is 0.256 e. The molecule has 0 aliphatic heterocycles. The third-order valence-electron chi connectivity index (χ3n) is 4.89. The molecule has 0 aromatic heterocycles. The van der Waals surface area contributed by atoms with Gasteiger partial charge in [-0.3, -0.25) is 4.79 Å². The molecular formula is C20H28N2O3. The van der Waals surface area contributed by atoms with Crippen molar-refractivity contribution in [3.8, 4) is 11.8 Å². The molecule has 0 heterocycles. The van der Waals surface area contributed by atoms with Crippen LogP contribution in [0.4, 0.5) is 5.69 Å². The van der Waals surface area contributed by atoms with Crippen molar-refractivity contribution in [2.24, 2.45) is 5.92 Å². The van der Waals surface area contributed by atoms with Crippen LogP contribution in [-0.2, 0) is 9.53 Å². The Hall–Kier alpha value is -2.06. The number of hydrogen-bond donors (Lipinski definition) is 1. The summed E-state index contributed by atoms with van der Waals surface area (Å²) in [4.78, 5) is 12.9. The van der Waals surface area contributed by atoms with Crippen LogP contribution in [0.15, 0.2) is 18.2 Å². The lowest BCUT2D eigenvalue weighted by Crippen LogP contribution is -2.48. The Morgan fingerprint density at radius 3 is 2.92 bits per heavy atom. The van der Waals surface area contributed by atoms with Gasteiger partial charge in [-0.2, -0.15) is 5.26 Å². The van der Waals surface area contributed by atoms with Gasteiger partial charge in [0.15, 0.2) is 0 Å². The number of anilines is 1. The summed E-state index contributed by atoms with van der Waals surface area (Å²) in [6.07, 6.45) is 5.52. The summed E-state index contributed by atoms with van der Waals surface area (Å²) >= 11 is 0. The number of rotatable bonds is 7. The van der Waals surface area contributed by atoms with Gasteiger partial charge in [0, 0.05) is 7.11 Å². The van der Waals surface area contributed by atoms with Crippen LogP contribution >= 0.6 is 0 Å². The number of nitrogens with zero attached hydrogens (tertiary/aromatic N) is 1. The number of carbonyl (C=O) groups excluding carboxylic acids is 1. The zero-order chi connectivity index (χ0) is 18.3. The molecule has 1 aromatic carbocycles. The van der Waals surface area contributed by atoms with E-state index in [2.05, 4.69) is 25.2 Å². The van der Waals surface area contributed by atoms with Crippen LogP contribution < -0.4 is 10.1 Å². The van der Waals surface area contributed by atoms with Gasteiger partial charge in [-0.05, 0) is 49.8 Å². The van der Waals surface area contributed by atoms with Gasteiger partial charge in [-0.15, -0.1) is 0 Å². The molecule has 0 bridgehead atoms. The fourth-order valence-corrected chi connectivity index (χ4v) is 3.37. The first kappa shape index (κ1) is 19.3. The summed E-state index contributed by atoms with van der Waals surface area (Å²) in [6, 6.07) is 7.33. The minimum absolute atomic E-state index is 0.169. The molecule has 5 nitrogen and oxygen atoms in total. The van der Waals surface area contributed by atoms with Gasteiger partial charge < -0.3 is 14.8 Å². The summed E-state index contributed by atoms with van der Waals surface area (Å²) in [6.45, 7) is 4.86. The van der Waals surface area contributed by atoms with Crippen LogP contribution in [0.5, 0.6) is 5.75 Å². The Kier molecular flexibility index (Phi) is 6.83. The van der Waals surface area contributed by atoms with Gasteiger partial charge in [0.2, 0.25) is 0 Å². The van der Waals surface area contributed by atoms with Crippen LogP contribution in [-0.4, -0.2) is 25.2 Å². The van der Waals surface area contributed by atoms with Crippen LogP contribution in [0.1, 0.15) is 57.9 Å². The summed E-state index contributed by atoms with van der Waals surface area (Å²) in [7, 11) is 1.59. The Labute approximate surface area is 150 Å². The Balaban J connectivity index is 2.13. The Morgan fingerprint density at radius 1 is 1.48 bits per heavy atom. The predicted octanol–water partition coefficient (Wildman–Crippen LogP) is 4.27. The van der Waals surface area contributed by atoms with Crippen LogP contribution in [0, 0.1) is 17.2 Å². The monoisotopic (exact) mass is 344 g/mol. The molecule has 1 aliphatic carbocycles. The van der Waals surface area contributed by atoms with Gasteiger partial charge in [0.1, 0.15) is 17.4 Å². The van der Waals surface area contributed by atoms with Crippen molar-refractivity contribution in [1.82, 2.24) is 0 Å². The van der Waals surface area contributed by atoms with Crippen molar-refractivity contribution in [3.63, 3.8) is 0 Å². The van der Waals surface area contributed by atoms with Crippen molar-refractivity contribution < 1.29 is 14.3 Å². The summed E-state index contributed by atoms with van der Waals surface area (Å²) in [5, 5.41) is 12.3. The average Bonchev–Trinajstić information content (AvgIpc) is 2.62. The van der Waals surface area contributed by atoms with Crippen molar-refractivity contribution in [2.75, 3.05) is 19.0 Å². The van der Waals surface area contributed by atoms with Gasteiger partial charge >= 0.3 is 0 Å². The maximum Gasteiger partial charge on any atom is 0.256 e. The van der Waals surface area contributed by atoms with E-state index in [1.54, 1.807) is 25.3 Å². The number of carbonyl (C=O) groups is 1. The van der Waals surface area contributed by atoms with Crippen molar-refractivity contribution in [1.29, 1.82) is 5.26 Å². The number of nitrogens with one attached hydrogen (secondary N) is 1. The fraction of sp³-hybridized carbons (Fsp3) is 0.600. The number of ether oxygens (including phenoxy) is 2. The number of methoxy groups -OCH3 is 1. The molecule has 5 heteroatoms. The fourth-order valence-electron chi connectivity index (χ4n) is 3.37. The number of hydrogen-bond acceptors (Lipinski definition) is 4. The van der Waals surface area contributed by atoms with E-state index in [1.807, 2.05) is 0 Å². The minimum Gasteiger partial charge on any atom is -0.494 e. The van der Waals surface area contributed by atoms with Gasteiger partial charge in [0.05, 0.1) is 17.9 Å². The third-order valence-corrected chi connectivity index (χ3v) is 4.89. The molecular weight excluding hydrogens is 316 g/mol.